The molecule has 0 aromatic heterocycles. The van der Waals surface area contributed by atoms with Gasteiger partial charge in [0.05, 0.1) is 11.3 Å². The molecule has 1 unspecified atom stereocenters. The number of aliphatic carboxylic acids is 1. The van der Waals surface area contributed by atoms with Gasteiger partial charge in [-0.1, -0.05) is 127 Å². The Kier molecular flexibility index (Phi) is 5.73. The van der Waals surface area contributed by atoms with Gasteiger partial charge < -0.3 is 5.11 Å². The van der Waals surface area contributed by atoms with Crippen molar-refractivity contribution >= 4 is 16.7 Å². The summed E-state index contributed by atoms with van der Waals surface area (Å²) >= 11 is 0. The zero-order valence-corrected chi connectivity index (χ0v) is 19.1. The summed E-state index contributed by atoms with van der Waals surface area (Å²) in [6.45, 7) is 1.70. The Bertz CT molecular complexity index is 1370. The summed E-state index contributed by atoms with van der Waals surface area (Å²) in [5.41, 5.74) is 6.44. The molecule has 0 fully saturated rings. The van der Waals surface area contributed by atoms with E-state index in [1.165, 1.54) is 22.3 Å². The second-order valence-corrected chi connectivity index (χ2v) is 8.69. The summed E-state index contributed by atoms with van der Waals surface area (Å²) in [7, 11) is 0. The number of carboxylic acid groups (broad SMARTS) is 1. The van der Waals surface area contributed by atoms with Crippen LogP contribution >= 0.6 is 0 Å². The third-order valence-electron chi connectivity index (χ3n) is 6.73. The van der Waals surface area contributed by atoms with Crippen molar-refractivity contribution in [3.05, 3.63) is 155 Å². The predicted molar refractivity (Wildman–Crippen MR) is 138 cm³/mol. The maximum atomic E-state index is 10.8. The van der Waals surface area contributed by atoms with Gasteiger partial charge in [-0.2, -0.15) is 0 Å². The lowest BCUT2D eigenvalue weighted by atomic mass is 9.84. The Morgan fingerprint density at radius 2 is 1.09 bits per heavy atom. The minimum atomic E-state index is -0.787. The smallest absolute Gasteiger partial charge is 0.310 e. The van der Waals surface area contributed by atoms with Gasteiger partial charge in [0, 0.05) is 0 Å². The van der Waals surface area contributed by atoms with Crippen molar-refractivity contribution in [2.75, 3.05) is 0 Å². The van der Waals surface area contributed by atoms with Gasteiger partial charge in [-0.3, -0.25) is 4.79 Å². The zero-order chi connectivity index (χ0) is 23.5. The van der Waals surface area contributed by atoms with E-state index >= 15 is 0 Å². The molecule has 1 aliphatic rings. The molecule has 5 aromatic carbocycles. The van der Waals surface area contributed by atoms with Gasteiger partial charge in [-0.15, -0.1) is 0 Å². The summed E-state index contributed by atoms with van der Waals surface area (Å²) in [6.07, 6.45) is 0. The Morgan fingerprint density at radius 1 is 0.618 bits per heavy atom. The second-order valence-electron chi connectivity index (χ2n) is 8.69. The van der Waals surface area contributed by atoms with Gasteiger partial charge in [-0.05, 0) is 45.5 Å². The fourth-order valence-electron chi connectivity index (χ4n) is 4.84. The van der Waals surface area contributed by atoms with Crippen LogP contribution in [0.4, 0.5) is 0 Å². The summed E-state index contributed by atoms with van der Waals surface area (Å²) in [5, 5.41) is 11.1. The normalized spacial score (nSPS) is 13.8. The lowest BCUT2D eigenvalue weighted by Crippen LogP contribution is -2.12. The van der Waals surface area contributed by atoms with Crippen LogP contribution in [0.25, 0.3) is 10.8 Å². The van der Waals surface area contributed by atoms with Crippen molar-refractivity contribution in [3.8, 4) is 0 Å². The molecule has 1 atom stereocenters. The van der Waals surface area contributed by atoms with Crippen LogP contribution in [0.2, 0.25) is 0 Å². The van der Waals surface area contributed by atoms with Crippen molar-refractivity contribution in [2.45, 2.75) is 18.3 Å². The minimum absolute atomic E-state index is 0.00792. The highest BCUT2D eigenvalue weighted by atomic mass is 16.4. The average Bonchev–Trinajstić information content (AvgIpc) is 3.59. The van der Waals surface area contributed by atoms with E-state index in [1.54, 1.807) is 6.92 Å². The van der Waals surface area contributed by atoms with Crippen molar-refractivity contribution in [1.82, 2.24) is 0 Å². The quantitative estimate of drug-likeness (QED) is 0.309. The number of carbonyl (C=O) groups is 1. The molecule has 2 heteroatoms. The third-order valence-corrected chi connectivity index (χ3v) is 6.73. The van der Waals surface area contributed by atoms with E-state index in [1.807, 2.05) is 42.5 Å². The number of hydrogen-bond donors (Lipinski definition) is 1. The number of hydrogen-bond acceptors (Lipinski definition) is 1. The first-order valence-electron chi connectivity index (χ1n) is 11.5. The number of rotatable bonds is 4. The lowest BCUT2D eigenvalue weighted by Gasteiger charge is -2.17. The molecule has 34 heavy (non-hydrogen) atoms. The summed E-state index contributed by atoms with van der Waals surface area (Å²) in [5.74, 6) is -1.24. The van der Waals surface area contributed by atoms with Gasteiger partial charge >= 0.3 is 5.97 Å². The average molecular weight is 443 g/mol. The van der Waals surface area contributed by atoms with Gasteiger partial charge in [0.25, 0.3) is 0 Å². The molecule has 0 bridgehead atoms. The van der Waals surface area contributed by atoms with Crippen molar-refractivity contribution in [3.63, 3.8) is 0 Å². The highest BCUT2D eigenvalue weighted by molar-refractivity contribution is 5.85. The first-order chi connectivity index (χ1) is 16.6. The van der Waals surface area contributed by atoms with E-state index in [4.69, 9.17) is 5.11 Å². The molecular formula is C32H26O2. The maximum Gasteiger partial charge on any atom is 0.310 e. The van der Waals surface area contributed by atoms with Crippen LogP contribution in [-0.2, 0) is 10.2 Å². The standard InChI is InChI=1S/C19H14.C13H12O2/c1-3-9-15(10-4-1)19(16-11-5-2-6-12-16)17-13-7-8-14-18(17)19;1-9(13(14)15)11-7-6-10-4-2-3-5-12(10)8-11/h1-14H;2-9H,1H3,(H,14,15). The van der Waals surface area contributed by atoms with Crippen LogP contribution in [0.1, 0.15) is 40.7 Å². The van der Waals surface area contributed by atoms with Crippen LogP contribution in [0.3, 0.4) is 0 Å². The van der Waals surface area contributed by atoms with Gasteiger partial charge in [0.15, 0.2) is 0 Å². The zero-order valence-electron chi connectivity index (χ0n) is 19.1. The van der Waals surface area contributed by atoms with E-state index in [9.17, 15) is 4.79 Å². The maximum absolute atomic E-state index is 10.8. The topological polar surface area (TPSA) is 37.3 Å². The molecule has 0 heterocycles. The van der Waals surface area contributed by atoms with Gasteiger partial charge in [-0.25, -0.2) is 0 Å². The molecule has 6 rings (SSSR count). The summed E-state index contributed by atoms with van der Waals surface area (Å²) < 4.78 is 0. The first-order valence-corrected chi connectivity index (χ1v) is 11.5. The molecule has 1 N–H and O–H groups in total. The van der Waals surface area contributed by atoms with E-state index in [0.717, 1.165) is 16.3 Å². The Labute approximate surface area is 200 Å². The number of benzene rings is 5. The van der Waals surface area contributed by atoms with Crippen molar-refractivity contribution in [2.24, 2.45) is 0 Å². The fraction of sp³-hybridized carbons (Fsp3) is 0.0938. The molecule has 166 valence electrons. The molecule has 0 radical (unpaired) electrons. The van der Waals surface area contributed by atoms with E-state index in [-0.39, 0.29) is 5.41 Å². The Balaban J connectivity index is 0.000000146. The highest BCUT2D eigenvalue weighted by Gasteiger charge is 2.52. The van der Waals surface area contributed by atoms with Crippen LogP contribution in [-0.4, -0.2) is 11.1 Å². The SMILES string of the molecule is CC(C(=O)O)c1ccc2ccccc2c1.c1ccc(C2(c3ccccc3)c3ccccc32)cc1. The van der Waals surface area contributed by atoms with E-state index in [0.29, 0.717) is 0 Å². The minimum Gasteiger partial charge on any atom is -0.481 e. The Morgan fingerprint density at radius 3 is 1.62 bits per heavy atom. The van der Waals surface area contributed by atoms with Crippen LogP contribution < -0.4 is 0 Å². The van der Waals surface area contributed by atoms with Crippen LogP contribution in [0, 0.1) is 0 Å². The molecule has 0 spiro atoms. The summed E-state index contributed by atoms with van der Waals surface area (Å²) in [6, 6.07) is 44.0. The van der Waals surface area contributed by atoms with Gasteiger partial charge in [0.1, 0.15) is 0 Å². The second kappa shape index (κ2) is 8.99. The predicted octanol–water partition coefficient (Wildman–Crippen LogP) is 7.41. The monoisotopic (exact) mass is 442 g/mol. The highest BCUT2D eigenvalue weighted by Crippen LogP contribution is 2.58. The number of fused-ring (bicyclic) bond motifs is 2. The largest absolute Gasteiger partial charge is 0.481 e. The van der Waals surface area contributed by atoms with Crippen LogP contribution in [0.15, 0.2) is 127 Å². The lowest BCUT2D eigenvalue weighted by molar-refractivity contribution is -0.138. The Hall–Kier alpha value is -4.17. The number of carboxylic acids is 1. The first kappa shape index (κ1) is 21.7. The third kappa shape index (κ3) is 3.78. The molecule has 0 saturated carbocycles. The van der Waals surface area contributed by atoms with Crippen molar-refractivity contribution < 1.29 is 9.90 Å². The molecule has 0 aliphatic heterocycles. The van der Waals surface area contributed by atoms with Gasteiger partial charge in [0.2, 0.25) is 0 Å². The van der Waals surface area contributed by atoms with E-state index in [2.05, 4.69) is 84.9 Å². The molecule has 0 amide bonds. The van der Waals surface area contributed by atoms with E-state index < -0.39 is 11.9 Å². The van der Waals surface area contributed by atoms with Crippen molar-refractivity contribution in [1.29, 1.82) is 0 Å². The molecular weight excluding hydrogens is 416 g/mol. The fourth-order valence-corrected chi connectivity index (χ4v) is 4.84. The summed E-state index contributed by atoms with van der Waals surface area (Å²) in [4.78, 5) is 10.8. The molecule has 1 aliphatic carbocycles. The van der Waals surface area contributed by atoms with Crippen LogP contribution in [0.5, 0.6) is 0 Å². The molecule has 2 nitrogen and oxygen atoms in total. The molecule has 0 saturated heterocycles. The molecule has 5 aromatic rings.